The molecule has 6 nitrogen and oxygen atoms in total. The summed E-state index contributed by atoms with van der Waals surface area (Å²) in [5.41, 5.74) is 0. The summed E-state index contributed by atoms with van der Waals surface area (Å²) < 4.78 is 17.0. The second-order valence-electron chi connectivity index (χ2n) is 23.4. The number of unbranched alkanes of at least 4 members (excludes halogenated alkanes) is 39. The van der Waals surface area contributed by atoms with Gasteiger partial charge in [-0.25, -0.2) is 0 Å². The first-order chi connectivity index (χ1) is 40.0. The summed E-state index contributed by atoms with van der Waals surface area (Å²) >= 11 is 0. The molecule has 0 aliphatic heterocycles. The topological polar surface area (TPSA) is 78.9 Å². The molecule has 0 heterocycles. The number of hydrogen-bond donors (Lipinski definition) is 0. The van der Waals surface area contributed by atoms with Crippen LogP contribution >= 0.6 is 0 Å². The van der Waals surface area contributed by atoms with Gasteiger partial charge in [0.05, 0.1) is 0 Å². The van der Waals surface area contributed by atoms with Crippen molar-refractivity contribution < 1.29 is 28.6 Å². The first kappa shape index (κ1) is 77.6. The number of carbonyl (C=O) groups excluding carboxylic acids is 3. The van der Waals surface area contributed by atoms with Crippen LogP contribution in [0.15, 0.2) is 85.1 Å². The second-order valence-corrected chi connectivity index (χ2v) is 23.4. The normalized spacial score (nSPS) is 12.6. The maximum atomic E-state index is 12.9. The predicted molar refractivity (Wildman–Crippen MR) is 353 cm³/mol. The van der Waals surface area contributed by atoms with E-state index in [1.807, 2.05) is 0 Å². The summed E-state index contributed by atoms with van der Waals surface area (Å²) in [5, 5.41) is 0. The van der Waals surface area contributed by atoms with Crippen LogP contribution in [-0.4, -0.2) is 37.2 Å². The first-order valence-corrected chi connectivity index (χ1v) is 35.1. The minimum atomic E-state index is -0.789. The van der Waals surface area contributed by atoms with Gasteiger partial charge in [0.2, 0.25) is 0 Å². The molecule has 0 N–H and O–H groups in total. The number of carbonyl (C=O) groups is 3. The molecule has 0 aromatic heterocycles. The Bertz CT molecular complexity index is 1530. The van der Waals surface area contributed by atoms with Crippen LogP contribution in [0, 0.1) is 0 Å². The van der Waals surface area contributed by atoms with Gasteiger partial charge in [0.1, 0.15) is 13.2 Å². The maximum absolute atomic E-state index is 12.9. The highest BCUT2D eigenvalue weighted by Crippen LogP contribution is 2.18. The van der Waals surface area contributed by atoms with Crippen LogP contribution in [0.25, 0.3) is 0 Å². The highest BCUT2D eigenvalue weighted by atomic mass is 16.6. The molecule has 0 saturated heterocycles. The van der Waals surface area contributed by atoms with Gasteiger partial charge in [-0.05, 0) is 96.3 Å². The molecule has 0 rings (SSSR count). The lowest BCUT2D eigenvalue weighted by molar-refractivity contribution is -0.167. The number of hydrogen-bond acceptors (Lipinski definition) is 6. The molecule has 468 valence electrons. The van der Waals surface area contributed by atoms with Gasteiger partial charge in [-0.1, -0.05) is 324 Å². The lowest BCUT2D eigenvalue weighted by Crippen LogP contribution is -2.30. The third-order valence-corrected chi connectivity index (χ3v) is 15.4. The van der Waals surface area contributed by atoms with E-state index >= 15 is 0 Å². The van der Waals surface area contributed by atoms with E-state index in [0.29, 0.717) is 19.3 Å². The molecular formula is C75H132O6. The highest BCUT2D eigenvalue weighted by Gasteiger charge is 2.19. The highest BCUT2D eigenvalue weighted by molar-refractivity contribution is 5.71. The molecule has 0 bridgehead atoms. The zero-order chi connectivity index (χ0) is 58.5. The SMILES string of the molecule is CC/C=C\C/C=C\C/C=C\C/C=C\CCCCCCC(=O)OC(COC(=O)CCCCCCCCCCCCCCCCC)COC(=O)CCCCCCCCCCCCCCCCCC/C=C\C/C=C\C/C=C\CCCCCCC. The average molecular weight is 1130 g/mol. The van der Waals surface area contributed by atoms with E-state index in [-0.39, 0.29) is 31.1 Å². The lowest BCUT2D eigenvalue weighted by Gasteiger charge is -2.18. The molecule has 0 aliphatic rings. The van der Waals surface area contributed by atoms with Gasteiger partial charge in [-0.3, -0.25) is 14.4 Å². The van der Waals surface area contributed by atoms with E-state index in [9.17, 15) is 14.4 Å². The molecule has 0 aromatic carbocycles. The first-order valence-electron chi connectivity index (χ1n) is 35.1. The van der Waals surface area contributed by atoms with E-state index in [4.69, 9.17) is 14.2 Å². The monoisotopic (exact) mass is 1130 g/mol. The van der Waals surface area contributed by atoms with Crippen LogP contribution in [-0.2, 0) is 28.6 Å². The van der Waals surface area contributed by atoms with Crippen molar-refractivity contribution in [2.24, 2.45) is 0 Å². The van der Waals surface area contributed by atoms with Gasteiger partial charge < -0.3 is 14.2 Å². The van der Waals surface area contributed by atoms with Gasteiger partial charge in [-0.15, -0.1) is 0 Å². The molecule has 0 spiro atoms. The van der Waals surface area contributed by atoms with Crippen molar-refractivity contribution in [1.82, 2.24) is 0 Å². The molecule has 0 saturated carbocycles. The van der Waals surface area contributed by atoms with Gasteiger partial charge in [0.15, 0.2) is 6.10 Å². The zero-order valence-electron chi connectivity index (χ0n) is 53.8. The van der Waals surface area contributed by atoms with Crippen molar-refractivity contribution in [2.75, 3.05) is 13.2 Å². The Morgan fingerprint density at radius 2 is 0.481 bits per heavy atom. The minimum absolute atomic E-state index is 0.0823. The molecule has 1 unspecified atom stereocenters. The Kier molecular flexibility index (Phi) is 66.2. The maximum Gasteiger partial charge on any atom is 0.306 e. The third-order valence-electron chi connectivity index (χ3n) is 15.4. The van der Waals surface area contributed by atoms with Gasteiger partial charge in [-0.2, -0.15) is 0 Å². The number of esters is 3. The van der Waals surface area contributed by atoms with Crippen LogP contribution in [0.4, 0.5) is 0 Å². The van der Waals surface area contributed by atoms with Crippen LogP contribution in [0.2, 0.25) is 0 Å². The van der Waals surface area contributed by atoms with E-state index < -0.39 is 6.10 Å². The van der Waals surface area contributed by atoms with Crippen molar-refractivity contribution >= 4 is 17.9 Å². The minimum Gasteiger partial charge on any atom is -0.462 e. The summed E-state index contributed by atoms with van der Waals surface area (Å²) in [6.45, 7) is 6.54. The fourth-order valence-corrected chi connectivity index (χ4v) is 10.2. The van der Waals surface area contributed by atoms with Crippen molar-refractivity contribution in [1.29, 1.82) is 0 Å². The molecule has 0 aromatic rings. The fraction of sp³-hybridized carbons (Fsp3) is 0.773. The Morgan fingerprint density at radius 1 is 0.259 bits per heavy atom. The number of rotatable bonds is 64. The number of allylic oxidation sites excluding steroid dienone is 14. The summed E-state index contributed by atoms with van der Waals surface area (Å²) in [4.78, 5) is 38.4. The van der Waals surface area contributed by atoms with Crippen molar-refractivity contribution in [2.45, 2.75) is 361 Å². The molecule has 1 atom stereocenters. The third kappa shape index (κ3) is 67.3. The fourth-order valence-electron chi connectivity index (χ4n) is 10.2. The van der Waals surface area contributed by atoms with Crippen molar-refractivity contribution in [3.63, 3.8) is 0 Å². The number of ether oxygens (including phenoxy) is 3. The largest absolute Gasteiger partial charge is 0.462 e. The quantitative estimate of drug-likeness (QED) is 0.0261. The lowest BCUT2D eigenvalue weighted by atomic mass is 10.0. The van der Waals surface area contributed by atoms with E-state index in [1.165, 1.54) is 205 Å². The summed E-state index contributed by atoms with van der Waals surface area (Å²) in [5.74, 6) is -0.888. The van der Waals surface area contributed by atoms with Crippen LogP contribution in [0.5, 0.6) is 0 Å². The Labute approximate surface area is 503 Å². The Balaban J connectivity index is 4.24. The zero-order valence-corrected chi connectivity index (χ0v) is 53.8. The van der Waals surface area contributed by atoms with E-state index in [2.05, 4.69) is 106 Å². The van der Waals surface area contributed by atoms with Crippen molar-refractivity contribution in [3.05, 3.63) is 85.1 Å². The van der Waals surface area contributed by atoms with Crippen LogP contribution < -0.4 is 0 Å². The molecule has 0 fully saturated rings. The smallest absolute Gasteiger partial charge is 0.306 e. The van der Waals surface area contributed by atoms with Crippen molar-refractivity contribution in [3.8, 4) is 0 Å². The standard InChI is InChI=1S/C75H132O6/c1-4-7-10-13-16-19-22-25-28-30-31-32-33-34-35-36-37-38-39-40-41-42-43-45-47-50-53-56-59-62-65-68-74(77)80-71-72(70-79-73(76)67-64-61-58-55-52-49-46-27-24-21-18-15-12-9-6-3)81-75(78)69-66-63-60-57-54-51-48-44-29-26-23-20-17-14-11-8-5-2/h8,11,17,20,22,25-26,29-31,33-34,48,51,72H,4-7,9-10,12-16,18-19,21,23-24,27-28,32,35-47,49-50,52-71H2,1-3H3/b11-8-,20-17-,25-22-,29-26-,31-30-,34-33-,51-48-. The summed E-state index contributed by atoms with van der Waals surface area (Å²) in [6.07, 6.45) is 91.8. The van der Waals surface area contributed by atoms with Gasteiger partial charge in [0, 0.05) is 19.3 Å². The van der Waals surface area contributed by atoms with Gasteiger partial charge in [0.25, 0.3) is 0 Å². The van der Waals surface area contributed by atoms with E-state index in [1.54, 1.807) is 0 Å². The van der Waals surface area contributed by atoms with Crippen LogP contribution in [0.3, 0.4) is 0 Å². The molecule has 81 heavy (non-hydrogen) atoms. The Morgan fingerprint density at radius 3 is 0.753 bits per heavy atom. The van der Waals surface area contributed by atoms with Crippen LogP contribution in [0.1, 0.15) is 355 Å². The van der Waals surface area contributed by atoms with Gasteiger partial charge >= 0.3 is 17.9 Å². The molecular weight excluding hydrogens is 997 g/mol. The predicted octanol–water partition coefficient (Wildman–Crippen LogP) is 24.2. The molecule has 6 heteroatoms. The Hall–Kier alpha value is -3.41. The molecule has 0 radical (unpaired) electrons. The molecule has 0 aliphatic carbocycles. The van der Waals surface area contributed by atoms with E-state index in [0.717, 1.165) is 109 Å². The summed E-state index contributed by atoms with van der Waals surface area (Å²) in [7, 11) is 0. The summed E-state index contributed by atoms with van der Waals surface area (Å²) in [6, 6.07) is 0. The molecule has 0 amide bonds. The second kappa shape index (κ2) is 69.1. The average Bonchev–Trinajstić information content (AvgIpc) is 3.47.